The maximum Gasteiger partial charge on any atom is 0.250 e. The summed E-state index contributed by atoms with van der Waals surface area (Å²) in [4.78, 5) is 44.1. The second-order valence-electron chi connectivity index (χ2n) is 8.28. The Kier molecular flexibility index (Phi) is 3.71. The van der Waals surface area contributed by atoms with Crippen LogP contribution in [0.1, 0.15) is 18.4 Å². The normalized spacial score (nSPS) is 32.0. The van der Waals surface area contributed by atoms with Crippen LogP contribution in [0.5, 0.6) is 0 Å². The molecular weight excluding hydrogens is 425 g/mol. The molecule has 0 unspecified atom stereocenters. The van der Waals surface area contributed by atoms with E-state index in [1.165, 1.54) is 4.90 Å². The first-order valence-electron chi connectivity index (χ1n) is 9.97. The molecule has 0 aliphatic carbocycles. The van der Waals surface area contributed by atoms with E-state index in [4.69, 9.17) is 23.2 Å². The molecule has 3 amide bonds. The molecule has 1 spiro atoms. The van der Waals surface area contributed by atoms with Gasteiger partial charge in [-0.1, -0.05) is 35.3 Å². The lowest BCUT2D eigenvalue weighted by Crippen LogP contribution is -2.54. The van der Waals surface area contributed by atoms with Crippen LogP contribution in [0.15, 0.2) is 42.5 Å². The fraction of sp³-hybridized carbons (Fsp3) is 0.318. The first kappa shape index (κ1) is 18.4. The Morgan fingerprint density at radius 3 is 2.53 bits per heavy atom. The summed E-state index contributed by atoms with van der Waals surface area (Å²) in [5, 5.41) is 3.87. The lowest BCUT2D eigenvalue weighted by molar-refractivity contribution is -0.135. The number of para-hydroxylation sites is 1. The summed E-state index contributed by atoms with van der Waals surface area (Å²) in [6.07, 6.45) is 1.65. The van der Waals surface area contributed by atoms with Crippen molar-refractivity contribution in [1.82, 2.24) is 4.90 Å². The molecular formula is C22H17Cl2N3O3. The molecule has 0 bridgehead atoms. The molecule has 8 heteroatoms. The number of halogens is 2. The Labute approximate surface area is 182 Å². The van der Waals surface area contributed by atoms with Gasteiger partial charge in [0, 0.05) is 16.6 Å². The number of imide groups is 1. The predicted molar refractivity (Wildman–Crippen MR) is 112 cm³/mol. The van der Waals surface area contributed by atoms with Gasteiger partial charge in [0.05, 0.1) is 28.2 Å². The van der Waals surface area contributed by atoms with E-state index in [2.05, 4.69) is 10.2 Å². The zero-order valence-corrected chi connectivity index (χ0v) is 17.3. The molecule has 2 aromatic rings. The molecule has 2 aromatic carbocycles. The van der Waals surface area contributed by atoms with E-state index in [1.807, 2.05) is 6.07 Å². The molecule has 4 heterocycles. The van der Waals surface area contributed by atoms with Crippen molar-refractivity contribution in [2.45, 2.75) is 24.4 Å². The second-order valence-corrected chi connectivity index (χ2v) is 9.12. The third kappa shape index (κ3) is 2.02. The number of hydrogen-bond donors (Lipinski definition) is 1. The summed E-state index contributed by atoms with van der Waals surface area (Å²) >= 11 is 12.4. The highest BCUT2D eigenvalue weighted by Crippen LogP contribution is 2.61. The van der Waals surface area contributed by atoms with Gasteiger partial charge in [0.2, 0.25) is 11.8 Å². The van der Waals surface area contributed by atoms with Crippen molar-refractivity contribution in [2.24, 2.45) is 11.8 Å². The Balaban J connectivity index is 1.56. The van der Waals surface area contributed by atoms with Crippen LogP contribution in [0, 0.1) is 11.8 Å². The number of fused-ring (bicyclic) bond motifs is 7. The maximum atomic E-state index is 13.7. The third-order valence-corrected chi connectivity index (χ3v) is 7.63. The van der Waals surface area contributed by atoms with Gasteiger partial charge in [-0.25, -0.2) is 4.90 Å². The first-order chi connectivity index (χ1) is 14.5. The minimum atomic E-state index is -1.21. The van der Waals surface area contributed by atoms with E-state index in [9.17, 15) is 14.4 Å². The van der Waals surface area contributed by atoms with E-state index >= 15 is 0 Å². The van der Waals surface area contributed by atoms with Gasteiger partial charge in [0.25, 0.3) is 5.91 Å². The summed E-state index contributed by atoms with van der Waals surface area (Å²) < 4.78 is 0. The predicted octanol–water partition coefficient (Wildman–Crippen LogP) is 3.42. The van der Waals surface area contributed by atoms with Crippen molar-refractivity contribution < 1.29 is 14.4 Å². The monoisotopic (exact) mass is 441 g/mol. The zero-order valence-electron chi connectivity index (χ0n) is 15.8. The summed E-state index contributed by atoms with van der Waals surface area (Å²) in [7, 11) is 0. The van der Waals surface area contributed by atoms with Gasteiger partial charge in [-0.15, -0.1) is 0 Å². The van der Waals surface area contributed by atoms with Crippen LogP contribution in [0.3, 0.4) is 0 Å². The molecule has 30 heavy (non-hydrogen) atoms. The van der Waals surface area contributed by atoms with E-state index in [-0.39, 0.29) is 23.8 Å². The van der Waals surface area contributed by atoms with E-state index in [0.717, 1.165) is 12.8 Å². The number of benzene rings is 2. The van der Waals surface area contributed by atoms with Crippen LogP contribution in [0.25, 0.3) is 0 Å². The topological polar surface area (TPSA) is 69.7 Å². The zero-order chi connectivity index (χ0) is 20.8. The smallest absolute Gasteiger partial charge is 0.250 e. The summed E-state index contributed by atoms with van der Waals surface area (Å²) in [5.41, 5.74) is 0.507. The number of hydrogen-bond acceptors (Lipinski definition) is 4. The highest BCUT2D eigenvalue weighted by atomic mass is 35.5. The fourth-order valence-corrected chi connectivity index (χ4v) is 6.39. The lowest BCUT2D eigenvalue weighted by Gasteiger charge is -2.36. The van der Waals surface area contributed by atoms with Crippen LogP contribution >= 0.6 is 23.2 Å². The van der Waals surface area contributed by atoms with Crippen molar-refractivity contribution in [3.05, 3.63) is 58.1 Å². The lowest BCUT2D eigenvalue weighted by atomic mass is 9.75. The highest BCUT2D eigenvalue weighted by molar-refractivity contribution is 6.35. The number of carbonyl (C=O) groups is 3. The average Bonchev–Trinajstić information content (AvgIpc) is 3.42. The van der Waals surface area contributed by atoms with Crippen molar-refractivity contribution >= 4 is 52.3 Å². The Morgan fingerprint density at radius 1 is 1.00 bits per heavy atom. The summed E-state index contributed by atoms with van der Waals surface area (Å²) in [5.74, 6) is -2.21. The number of rotatable bonds is 1. The Morgan fingerprint density at radius 2 is 1.77 bits per heavy atom. The number of nitrogens with one attached hydrogen (secondary N) is 1. The Bertz CT molecular complexity index is 1130. The number of carbonyl (C=O) groups excluding carboxylic acids is 3. The number of amides is 3. The van der Waals surface area contributed by atoms with Crippen LogP contribution in [0.4, 0.5) is 11.4 Å². The average molecular weight is 442 g/mol. The van der Waals surface area contributed by atoms with Crippen molar-refractivity contribution in [3.63, 3.8) is 0 Å². The largest absolute Gasteiger partial charge is 0.323 e. The van der Waals surface area contributed by atoms with E-state index in [0.29, 0.717) is 33.5 Å². The van der Waals surface area contributed by atoms with E-state index < -0.39 is 17.4 Å². The minimum Gasteiger partial charge on any atom is -0.323 e. The molecule has 0 saturated carbocycles. The van der Waals surface area contributed by atoms with Crippen molar-refractivity contribution in [2.75, 3.05) is 16.8 Å². The van der Waals surface area contributed by atoms with Crippen molar-refractivity contribution in [1.29, 1.82) is 0 Å². The SMILES string of the molecule is O=C1[C@H]2[C@@H](C(=O)N1c1ccc(Cl)cc1)[C@@]1(C(=O)Nc3c(Cl)cccc31)N1CCC[C@@H]21. The fourth-order valence-electron chi connectivity index (χ4n) is 6.04. The molecule has 4 atom stereocenters. The summed E-state index contributed by atoms with van der Waals surface area (Å²) in [6.45, 7) is 0.665. The Hall–Kier alpha value is -2.41. The van der Waals surface area contributed by atoms with Gasteiger partial charge in [0.1, 0.15) is 5.54 Å². The van der Waals surface area contributed by atoms with E-state index in [1.54, 1.807) is 36.4 Å². The van der Waals surface area contributed by atoms with Crippen molar-refractivity contribution in [3.8, 4) is 0 Å². The molecule has 4 aliphatic rings. The molecule has 3 saturated heterocycles. The minimum absolute atomic E-state index is 0.153. The molecule has 1 N–H and O–H groups in total. The maximum absolute atomic E-state index is 13.7. The molecule has 6 nitrogen and oxygen atoms in total. The molecule has 0 aromatic heterocycles. The second kappa shape index (κ2) is 6.06. The first-order valence-corrected chi connectivity index (χ1v) is 10.7. The quantitative estimate of drug-likeness (QED) is 0.688. The van der Waals surface area contributed by atoms with Crippen LogP contribution in [-0.2, 0) is 19.9 Å². The van der Waals surface area contributed by atoms with Gasteiger partial charge in [-0.3, -0.25) is 19.3 Å². The molecule has 152 valence electrons. The highest BCUT2D eigenvalue weighted by Gasteiger charge is 2.74. The molecule has 0 radical (unpaired) electrons. The van der Waals surface area contributed by atoms with Gasteiger partial charge in [-0.2, -0.15) is 0 Å². The molecule has 6 rings (SSSR count). The van der Waals surface area contributed by atoms with Crippen LogP contribution < -0.4 is 10.2 Å². The standard InChI is InChI=1S/C22H17Cl2N3O3/c23-11-6-8-12(9-7-11)27-19(28)16-15-5-2-10-26(15)22(17(16)20(27)29)13-3-1-4-14(24)18(13)25-21(22)30/h1,3-4,6-9,15-17H,2,5,10H2,(H,25,30)/t15-,16+,17-,22-/m0/s1. The van der Waals surface area contributed by atoms with Gasteiger partial charge < -0.3 is 5.32 Å². The number of nitrogens with zero attached hydrogens (tertiary/aromatic N) is 2. The molecule has 3 fully saturated rings. The van der Waals surface area contributed by atoms with Crippen LogP contribution in [0.2, 0.25) is 10.0 Å². The summed E-state index contributed by atoms with van der Waals surface area (Å²) in [6, 6.07) is 11.8. The molecule has 4 aliphatic heterocycles. The van der Waals surface area contributed by atoms with Gasteiger partial charge in [0.15, 0.2) is 0 Å². The van der Waals surface area contributed by atoms with Crippen LogP contribution in [-0.4, -0.2) is 35.2 Å². The van der Waals surface area contributed by atoms with Gasteiger partial charge in [-0.05, 0) is 49.7 Å². The number of anilines is 2. The third-order valence-electron chi connectivity index (χ3n) is 7.06. The van der Waals surface area contributed by atoms with Gasteiger partial charge >= 0.3 is 0 Å².